The molecular formula is C17H23NO2. The van der Waals surface area contributed by atoms with Crippen molar-refractivity contribution in [1.29, 1.82) is 0 Å². The highest BCUT2D eigenvalue weighted by Crippen LogP contribution is 1.99. The summed E-state index contributed by atoms with van der Waals surface area (Å²) in [4.78, 5) is 21.7. The number of aldehydes is 1. The lowest BCUT2D eigenvalue weighted by Gasteiger charge is -2.04. The first kappa shape index (κ1) is 16.2. The van der Waals surface area contributed by atoms with Crippen LogP contribution >= 0.6 is 0 Å². The molecule has 0 unspecified atom stereocenters. The summed E-state index contributed by atoms with van der Waals surface area (Å²) in [7, 11) is 0. The van der Waals surface area contributed by atoms with E-state index in [0.717, 1.165) is 32.0 Å². The smallest absolute Gasteiger partial charge is 0.220 e. The van der Waals surface area contributed by atoms with E-state index in [-0.39, 0.29) is 5.91 Å². The summed E-state index contributed by atoms with van der Waals surface area (Å²) in [6.45, 7) is 0.686. The van der Waals surface area contributed by atoms with Crippen molar-refractivity contribution in [1.82, 2.24) is 5.32 Å². The standard InChI is InChI=1S/C17H23NO2/c19-15-9-4-2-1-3-8-12-17(20)18-14-13-16-10-6-5-7-11-16/h1,3,5-7,10-11,15H,2,4,8-9,12-14H2,(H,18,20)/b3-1+. The summed E-state index contributed by atoms with van der Waals surface area (Å²) in [5, 5.41) is 2.92. The SMILES string of the molecule is O=CCCC/C=C/CCC(=O)NCCc1ccccc1. The predicted octanol–water partition coefficient (Wildman–Crippen LogP) is 3.05. The van der Waals surface area contributed by atoms with E-state index in [1.165, 1.54) is 5.56 Å². The van der Waals surface area contributed by atoms with Gasteiger partial charge >= 0.3 is 0 Å². The number of amides is 1. The molecule has 0 bridgehead atoms. The van der Waals surface area contributed by atoms with Crippen LogP contribution in [0.15, 0.2) is 42.5 Å². The minimum Gasteiger partial charge on any atom is -0.356 e. The molecule has 0 radical (unpaired) electrons. The first-order valence-electron chi connectivity index (χ1n) is 7.22. The number of hydrogen-bond acceptors (Lipinski definition) is 2. The topological polar surface area (TPSA) is 46.2 Å². The highest BCUT2D eigenvalue weighted by molar-refractivity contribution is 5.75. The van der Waals surface area contributed by atoms with Gasteiger partial charge in [0.05, 0.1) is 0 Å². The van der Waals surface area contributed by atoms with Crippen molar-refractivity contribution in [2.75, 3.05) is 6.54 Å². The molecule has 3 heteroatoms. The molecule has 0 fully saturated rings. The van der Waals surface area contributed by atoms with Crippen LogP contribution in [-0.2, 0) is 16.0 Å². The third kappa shape index (κ3) is 8.25. The molecule has 108 valence electrons. The number of rotatable bonds is 10. The van der Waals surface area contributed by atoms with Crippen LogP contribution in [0.3, 0.4) is 0 Å². The van der Waals surface area contributed by atoms with Crippen LogP contribution in [0.5, 0.6) is 0 Å². The summed E-state index contributed by atoms with van der Waals surface area (Å²) in [5.41, 5.74) is 1.24. The summed E-state index contributed by atoms with van der Waals surface area (Å²) >= 11 is 0. The molecule has 20 heavy (non-hydrogen) atoms. The van der Waals surface area contributed by atoms with Gasteiger partial charge in [0.15, 0.2) is 0 Å². The van der Waals surface area contributed by atoms with Gasteiger partial charge in [0, 0.05) is 19.4 Å². The monoisotopic (exact) mass is 273 g/mol. The van der Waals surface area contributed by atoms with Gasteiger partial charge in [-0.05, 0) is 31.2 Å². The normalized spacial score (nSPS) is 10.6. The molecule has 1 amide bonds. The molecule has 0 aliphatic heterocycles. The van der Waals surface area contributed by atoms with Gasteiger partial charge in [-0.25, -0.2) is 0 Å². The molecule has 0 atom stereocenters. The molecular weight excluding hydrogens is 250 g/mol. The maximum Gasteiger partial charge on any atom is 0.220 e. The molecule has 0 heterocycles. The van der Waals surface area contributed by atoms with E-state index in [2.05, 4.69) is 17.4 Å². The van der Waals surface area contributed by atoms with Crippen molar-refractivity contribution in [3.05, 3.63) is 48.0 Å². The van der Waals surface area contributed by atoms with Crippen molar-refractivity contribution < 1.29 is 9.59 Å². The second kappa shape index (κ2) is 11.0. The molecule has 1 N–H and O–H groups in total. The first-order chi connectivity index (χ1) is 9.83. The second-order valence-electron chi connectivity index (χ2n) is 4.69. The van der Waals surface area contributed by atoms with Crippen LogP contribution in [0.25, 0.3) is 0 Å². The summed E-state index contributed by atoms with van der Waals surface area (Å²) in [6.07, 6.45) is 9.57. The average Bonchev–Trinajstić information content (AvgIpc) is 2.47. The fraction of sp³-hybridized carbons (Fsp3) is 0.412. The maximum atomic E-state index is 11.6. The van der Waals surface area contributed by atoms with Gasteiger partial charge in [-0.1, -0.05) is 42.5 Å². The van der Waals surface area contributed by atoms with Crippen molar-refractivity contribution in [3.8, 4) is 0 Å². The summed E-state index contributed by atoms with van der Waals surface area (Å²) in [6, 6.07) is 10.1. The third-order valence-corrected chi connectivity index (χ3v) is 2.98. The largest absolute Gasteiger partial charge is 0.356 e. The van der Waals surface area contributed by atoms with E-state index in [1.807, 2.05) is 30.4 Å². The Kier molecular flexibility index (Phi) is 8.86. The molecule has 1 rings (SSSR count). The van der Waals surface area contributed by atoms with Crippen LogP contribution in [0, 0.1) is 0 Å². The molecule has 0 aromatic heterocycles. The quantitative estimate of drug-likeness (QED) is 0.404. The Morgan fingerprint density at radius 1 is 1.05 bits per heavy atom. The summed E-state index contributed by atoms with van der Waals surface area (Å²) < 4.78 is 0. The predicted molar refractivity (Wildman–Crippen MR) is 81.4 cm³/mol. The number of hydrogen-bond donors (Lipinski definition) is 1. The number of benzene rings is 1. The molecule has 0 saturated heterocycles. The Balaban J connectivity index is 2.02. The second-order valence-corrected chi connectivity index (χ2v) is 4.69. The Bertz CT molecular complexity index is 412. The van der Waals surface area contributed by atoms with Crippen LogP contribution in [-0.4, -0.2) is 18.7 Å². The van der Waals surface area contributed by atoms with Gasteiger partial charge in [-0.2, -0.15) is 0 Å². The van der Waals surface area contributed by atoms with Crippen LogP contribution in [0.1, 0.15) is 37.7 Å². The number of unbranched alkanes of at least 4 members (excludes halogenated alkanes) is 2. The van der Waals surface area contributed by atoms with Crippen molar-refractivity contribution >= 4 is 12.2 Å². The van der Waals surface area contributed by atoms with Gasteiger partial charge in [-0.15, -0.1) is 0 Å². The van der Waals surface area contributed by atoms with E-state index in [0.29, 0.717) is 19.4 Å². The lowest BCUT2D eigenvalue weighted by Crippen LogP contribution is -2.25. The number of carbonyl (C=O) groups excluding carboxylic acids is 2. The Morgan fingerprint density at radius 3 is 2.55 bits per heavy atom. The molecule has 1 aromatic rings. The Morgan fingerprint density at radius 2 is 1.80 bits per heavy atom. The zero-order valence-corrected chi connectivity index (χ0v) is 11.9. The Labute approximate surface area is 121 Å². The highest BCUT2D eigenvalue weighted by Gasteiger charge is 1.98. The fourth-order valence-corrected chi connectivity index (χ4v) is 1.85. The van der Waals surface area contributed by atoms with Gasteiger partial charge in [0.25, 0.3) is 0 Å². The van der Waals surface area contributed by atoms with Crippen molar-refractivity contribution in [2.45, 2.75) is 38.5 Å². The van der Waals surface area contributed by atoms with Gasteiger partial charge in [0.2, 0.25) is 5.91 Å². The fourth-order valence-electron chi connectivity index (χ4n) is 1.85. The first-order valence-corrected chi connectivity index (χ1v) is 7.22. The number of nitrogens with one attached hydrogen (secondary N) is 1. The summed E-state index contributed by atoms with van der Waals surface area (Å²) in [5.74, 6) is 0.0958. The maximum absolute atomic E-state index is 11.6. The molecule has 0 aliphatic rings. The molecule has 0 spiro atoms. The van der Waals surface area contributed by atoms with Crippen LogP contribution in [0.2, 0.25) is 0 Å². The van der Waals surface area contributed by atoms with Crippen molar-refractivity contribution in [3.63, 3.8) is 0 Å². The zero-order chi connectivity index (χ0) is 14.5. The van der Waals surface area contributed by atoms with Crippen LogP contribution in [0.4, 0.5) is 0 Å². The molecule has 0 aliphatic carbocycles. The minimum atomic E-state index is 0.0958. The minimum absolute atomic E-state index is 0.0958. The van der Waals surface area contributed by atoms with E-state index in [1.54, 1.807) is 0 Å². The van der Waals surface area contributed by atoms with E-state index < -0.39 is 0 Å². The van der Waals surface area contributed by atoms with Gasteiger partial charge in [0.1, 0.15) is 6.29 Å². The van der Waals surface area contributed by atoms with Crippen molar-refractivity contribution in [2.24, 2.45) is 0 Å². The molecule has 0 saturated carbocycles. The number of carbonyl (C=O) groups is 2. The molecule has 3 nitrogen and oxygen atoms in total. The van der Waals surface area contributed by atoms with E-state index in [4.69, 9.17) is 0 Å². The number of allylic oxidation sites excluding steroid dienone is 2. The zero-order valence-electron chi connectivity index (χ0n) is 11.9. The van der Waals surface area contributed by atoms with E-state index in [9.17, 15) is 9.59 Å². The Hall–Kier alpha value is -1.90. The molecule has 1 aromatic carbocycles. The third-order valence-electron chi connectivity index (χ3n) is 2.98. The van der Waals surface area contributed by atoms with E-state index >= 15 is 0 Å². The lowest BCUT2D eigenvalue weighted by molar-refractivity contribution is -0.121. The average molecular weight is 273 g/mol. The highest BCUT2D eigenvalue weighted by atomic mass is 16.1. The van der Waals surface area contributed by atoms with Gasteiger partial charge in [-0.3, -0.25) is 4.79 Å². The van der Waals surface area contributed by atoms with Crippen LogP contribution < -0.4 is 5.32 Å². The van der Waals surface area contributed by atoms with Gasteiger partial charge < -0.3 is 10.1 Å². The lowest BCUT2D eigenvalue weighted by atomic mass is 10.1.